The van der Waals surface area contributed by atoms with Gasteiger partial charge in [-0.2, -0.15) is 5.10 Å². The van der Waals surface area contributed by atoms with E-state index in [2.05, 4.69) is 17.3 Å². The topological polar surface area (TPSA) is 39.1 Å². The third-order valence-electron chi connectivity index (χ3n) is 2.06. The zero-order valence-corrected chi connectivity index (χ0v) is 8.45. The van der Waals surface area contributed by atoms with Crippen molar-refractivity contribution in [3.63, 3.8) is 0 Å². The van der Waals surface area contributed by atoms with E-state index < -0.39 is 0 Å². The van der Waals surface area contributed by atoms with Crippen LogP contribution >= 0.6 is 0 Å². The van der Waals surface area contributed by atoms with Gasteiger partial charge in [-0.05, 0) is 14.0 Å². The molecule has 0 saturated heterocycles. The summed E-state index contributed by atoms with van der Waals surface area (Å²) in [6, 6.07) is 0.241. The van der Waals surface area contributed by atoms with Crippen LogP contribution < -0.4 is 5.32 Å². The SMILES string of the molecule is CCn1cc(C(COC)NC)cn1. The Labute approximate surface area is 78.9 Å². The van der Waals surface area contributed by atoms with Crippen molar-refractivity contribution in [3.05, 3.63) is 18.0 Å². The fraction of sp³-hybridized carbons (Fsp3) is 0.667. The Morgan fingerprint density at radius 3 is 2.92 bits per heavy atom. The molecule has 0 saturated carbocycles. The number of likely N-dealkylation sites (N-methyl/N-ethyl adjacent to an activating group) is 1. The number of methoxy groups -OCH3 is 1. The molecule has 1 heterocycles. The van der Waals surface area contributed by atoms with E-state index in [0.717, 1.165) is 6.54 Å². The third kappa shape index (κ3) is 2.54. The quantitative estimate of drug-likeness (QED) is 0.734. The first-order chi connectivity index (χ1) is 6.31. The second kappa shape index (κ2) is 4.99. The number of nitrogens with one attached hydrogen (secondary N) is 1. The third-order valence-corrected chi connectivity index (χ3v) is 2.06. The molecule has 74 valence electrons. The van der Waals surface area contributed by atoms with Crippen LogP contribution in [0.4, 0.5) is 0 Å². The Hall–Kier alpha value is -0.870. The Bertz CT molecular complexity index is 247. The summed E-state index contributed by atoms with van der Waals surface area (Å²) in [5.74, 6) is 0. The number of hydrogen-bond donors (Lipinski definition) is 1. The van der Waals surface area contributed by atoms with Gasteiger partial charge >= 0.3 is 0 Å². The zero-order valence-electron chi connectivity index (χ0n) is 8.45. The van der Waals surface area contributed by atoms with Crippen molar-refractivity contribution in [3.8, 4) is 0 Å². The van der Waals surface area contributed by atoms with Gasteiger partial charge in [-0.15, -0.1) is 0 Å². The molecule has 0 spiro atoms. The smallest absolute Gasteiger partial charge is 0.0658 e. The number of rotatable bonds is 5. The molecular formula is C9H17N3O. The van der Waals surface area contributed by atoms with E-state index in [1.807, 2.05) is 24.1 Å². The number of ether oxygens (including phenoxy) is 1. The van der Waals surface area contributed by atoms with E-state index in [-0.39, 0.29) is 6.04 Å². The van der Waals surface area contributed by atoms with Crippen LogP contribution in [0.2, 0.25) is 0 Å². The first kappa shape index (κ1) is 10.2. The van der Waals surface area contributed by atoms with Crippen molar-refractivity contribution in [2.45, 2.75) is 19.5 Å². The average Bonchev–Trinajstić information content (AvgIpc) is 2.62. The van der Waals surface area contributed by atoms with Crippen LogP contribution in [0.1, 0.15) is 18.5 Å². The van der Waals surface area contributed by atoms with E-state index in [0.29, 0.717) is 6.61 Å². The highest BCUT2D eigenvalue weighted by molar-refractivity contribution is 5.10. The first-order valence-electron chi connectivity index (χ1n) is 4.50. The molecule has 1 aromatic rings. The Kier molecular flexibility index (Phi) is 3.92. The van der Waals surface area contributed by atoms with Gasteiger partial charge in [0.15, 0.2) is 0 Å². The summed E-state index contributed by atoms with van der Waals surface area (Å²) in [6.45, 7) is 3.65. The summed E-state index contributed by atoms with van der Waals surface area (Å²) in [7, 11) is 3.63. The largest absolute Gasteiger partial charge is 0.383 e. The predicted molar refractivity (Wildman–Crippen MR) is 51.6 cm³/mol. The lowest BCUT2D eigenvalue weighted by molar-refractivity contribution is 0.170. The molecule has 0 aliphatic rings. The summed E-state index contributed by atoms with van der Waals surface area (Å²) in [5, 5.41) is 7.39. The van der Waals surface area contributed by atoms with Crippen molar-refractivity contribution in [1.82, 2.24) is 15.1 Å². The molecule has 0 fully saturated rings. The number of nitrogens with zero attached hydrogens (tertiary/aromatic N) is 2. The van der Waals surface area contributed by atoms with Crippen LogP contribution in [-0.2, 0) is 11.3 Å². The molecule has 4 nitrogen and oxygen atoms in total. The van der Waals surface area contributed by atoms with Gasteiger partial charge in [-0.3, -0.25) is 4.68 Å². The van der Waals surface area contributed by atoms with Crippen molar-refractivity contribution < 1.29 is 4.74 Å². The second-order valence-corrected chi connectivity index (χ2v) is 2.93. The van der Waals surface area contributed by atoms with Crippen molar-refractivity contribution in [2.24, 2.45) is 0 Å². The fourth-order valence-corrected chi connectivity index (χ4v) is 1.25. The van der Waals surface area contributed by atoms with E-state index in [4.69, 9.17) is 4.74 Å². The van der Waals surface area contributed by atoms with E-state index in [1.54, 1.807) is 7.11 Å². The highest BCUT2D eigenvalue weighted by Gasteiger charge is 2.10. The molecule has 0 aliphatic carbocycles. The highest BCUT2D eigenvalue weighted by Crippen LogP contribution is 2.11. The Morgan fingerprint density at radius 2 is 2.46 bits per heavy atom. The number of hydrogen-bond acceptors (Lipinski definition) is 3. The van der Waals surface area contributed by atoms with Gasteiger partial charge in [0.1, 0.15) is 0 Å². The minimum atomic E-state index is 0.241. The molecule has 1 aromatic heterocycles. The van der Waals surface area contributed by atoms with Gasteiger partial charge in [-0.1, -0.05) is 0 Å². The van der Waals surface area contributed by atoms with Crippen LogP contribution in [0.25, 0.3) is 0 Å². The maximum absolute atomic E-state index is 5.09. The average molecular weight is 183 g/mol. The summed E-state index contributed by atoms with van der Waals surface area (Å²) in [6.07, 6.45) is 3.92. The monoisotopic (exact) mass is 183 g/mol. The van der Waals surface area contributed by atoms with Crippen LogP contribution in [0.15, 0.2) is 12.4 Å². The van der Waals surface area contributed by atoms with Crippen molar-refractivity contribution in [2.75, 3.05) is 20.8 Å². The second-order valence-electron chi connectivity index (χ2n) is 2.93. The summed E-state index contributed by atoms with van der Waals surface area (Å²) in [4.78, 5) is 0. The van der Waals surface area contributed by atoms with Crippen LogP contribution in [-0.4, -0.2) is 30.5 Å². The van der Waals surface area contributed by atoms with Crippen LogP contribution in [0.3, 0.4) is 0 Å². The molecule has 0 aliphatic heterocycles. The zero-order chi connectivity index (χ0) is 9.68. The maximum Gasteiger partial charge on any atom is 0.0658 e. The molecule has 0 amide bonds. The van der Waals surface area contributed by atoms with Crippen molar-refractivity contribution >= 4 is 0 Å². The van der Waals surface area contributed by atoms with Crippen molar-refractivity contribution in [1.29, 1.82) is 0 Å². The summed E-state index contributed by atoms with van der Waals surface area (Å²) in [5.41, 5.74) is 1.17. The van der Waals surface area contributed by atoms with E-state index in [9.17, 15) is 0 Å². The molecular weight excluding hydrogens is 166 g/mol. The maximum atomic E-state index is 5.09. The fourth-order valence-electron chi connectivity index (χ4n) is 1.25. The number of aromatic nitrogens is 2. The molecule has 0 bridgehead atoms. The highest BCUT2D eigenvalue weighted by atomic mass is 16.5. The lowest BCUT2D eigenvalue weighted by Crippen LogP contribution is -2.20. The molecule has 1 atom stereocenters. The van der Waals surface area contributed by atoms with Gasteiger partial charge in [0.05, 0.1) is 18.8 Å². The molecule has 1 rings (SSSR count). The van der Waals surface area contributed by atoms with Gasteiger partial charge in [0, 0.05) is 25.4 Å². The summed E-state index contributed by atoms with van der Waals surface area (Å²) < 4.78 is 7.00. The lowest BCUT2D eigenvalue weighted by Gasteiger charge is -2.12. The minimum absolute atomic E-state index is 0.241. The van der Waals surface area contributed by atoms with Gasteiger partial charge < -0.3 is 10.1 Å². The summed E-state index contributed by atoms with van der Waals surface area (Å²) >= 11 is 0. The molecule has 4 heteroatoms. The molecule has 13 heavy (non-hydrogen) atoms. The van der Waals surface area contributed by atoms with E-state index >= 15 is 0 Å². The molecule has 1 unspecified atom stereocenters. The lowest BCUT2D eigenvalue weighted by atomic mass is 10.2. The molecule has 0 aromatic carbocycles. The molecule has 1 N–H and O–H groups in total. The van der Waals surface area contributed by atoms with Crippen LogP contribution in [0.5, 0.6) is 0 Å². The normalized spacial score (nSPS) is 13.2. The predicted octanol–water partition coefficient (Wildman–Crippen LogP) is 0.810. The van der Waals surface area contributed by atoms with E-state index in [1.165, 1.54) is 5.56 Å². The Balaban J connectivity index is 2.67. The Morgan fingerprint density at radius 1 is 1.69 bits per heavy atom. The minimum Gasteiger partial charge on any atom is -0.383 e. The van der Waals surface area contributed by atoms with Gasteiger partial charge in [-0.25, -0.2) is 0 Å². The standard InChI is InChI=1S/C9H17N3O/c1-4-12-6-8(5-11-12)9(10-2)7-13-3/h5-6,9-10H,4,7H2,1-3H3. The molecule has 0 radical (unpaired) electrons. The van der Waals surface area contributed by atoms with Gasteiger partial charge in [0.2, 0.25) is 0 Å². The number of aryl methyl sites for hydroxylation is 1. The van der Waals surface area contributed by atoms with Crippen LogP contribution in [0, 0.1) is 0 Å². The first-order valence-corrected chi connectivity index (χ1v) is 4.50. The van der Waals surface area contributed by atoms with Gasteiger partial charge in [0.25, 0.3) is 0 Å².